The first kappa shape index (κ1) is 25.3. The molecule has 1 fully saturated rings. The molecule has 1 atom stereocenters. The highest BCUT2D eigenvalue weighted by molar-refractivity contribution is 6.30. The topological polar surface area (TPSA) is 86.5 Å². The van der Waals surface area contributed by atoms with Crippen molar-refractivity contribution in [3.05, 3.63) is 99.6 Å². The molecule has 0 radical (unpaired) electrons. The number of benzene rings is 3. The van der Waals surface area contributed by atoms with E-state index in [4.69, 9.17) is 31.0 Å². The molecule has 2 aromatic heterocycles. The van der Waals surface area contributed by atoms with Crippen LogP contribution >= 0.6 is 11.6 Å². The van der Waals surface area contributed by atoms with Gasteiger partial charge in [0.15, 0.2) is 0 Å². The Morgan fingerprint density at radius 3 is 2.72 bits per heavy atom. The van der Waals surface area contributed by atoms with Gasteiger partial charge >= 0.3 is 5.97 Å². The molecule has 3 aromatic carbocycles. The van der Waals surface area contributed by atoms with Gasteiger partial charge in [-0.25, -0.2) is 19.2 Å². The second-order valence-electron chi connectivity index (χ2n) is 9.77. The lowest BCUT2D eigenvalue weighted by molar-refractivity contribution is -0.0589. The minimum Gasteiger partial charge on any atom is -0.478 e. The smallest absolute Gasteiger partial charge is 0.335 e. The Bertz CT molecular complexity index is 1730. The summed E-state index contributed by atoms with van der Waals surface area (Å²) in [6.07, 6.45) is 1.57. The lowest BCUT2D eigenvalue weighted by atomic mass is 10.1. The number of ether oxygens (including phenoxy) is 2. The summed E-state index contributed by atoms with van der Waals surface area (Å²) in [6.45, 7) is 3.29. The van der Waals surface area contributed by atoms with Crippen LogP contribution in [-0.4, -0.2) is 38.3 Å². The summed E-state index contributed by atoms with van der Waals surface area (Å²) in [5.41, 5.74) is 4.74. The maximum Gasteiger partial charge on any atom is 0.335 e. The molecule has 0 spiro atoms. The number of fused-ring (bicyclic) bond motifs is 2. The first-order valence-electron chi connectivity index (χ1n) is 12.6. The predicted octanol–water partition coefficient (Wildman–Crippen LogP) is 6.34. The number of carboxylic acids is 1. The number of imidazole rings is 1. The predicted molar refractivity (Wildman–Crippen MR) is 146 cm³/mol. The summed E-state index contributed by atoms with van der Waals surface area (Å²) in [5.74, 6) is -0.138. The van der Waals surface area contributed by atoms with E-state index in [0.29, 0.717) is 29.4 Å². The third-order valence-electron chi connectivity index (χ3n) is 7.02. The van der Waals surface area contributed by atoms with Crippen molar-refractivity contribution in [3.8, 4) is 5.88 Å². The van der Waals surface area contributed by atoms with Gasteiger partial charge in [-0.05, 0) is 61.4 Å². The normalized spacial score (nSPS) is 15.0. The van der Waals surface area contributed by atoms with Gasteiger partial charge in [0.05, 0.1) is 34.8 Å². The summed E-state index contributed by atoms with van der Waals surface area (Å²) in [7, 11) is 0. The minimum absolute atomic E-state index is 0.0354. The molecule has 5 aromatic rings. The molecule has 9 heteroatoms. The van der Waals surface area contributed by atoms with Crippen LogP contribution in [0.2, 0.25) is 5.02 Å². The van der Waals surface area contributed by atoms with Gasteiger partial charge in [-0.1, -0.05) is 29.8 Å². The number of hydrogen-bond acceptors (Lipinski definition) is 5. The van der Waals surface area contributed by atoms with E-state index in [0.717, 1.165) is 51.9 Å². The molecule has 0 unspecified atom stereocenters. The summed E-state index contributed by atoms with van der Waals surface area (Å²) in [6, 6.07) is 17.5. The molecule has 0 amide bonds. The van der Waals surface area contributed by atoms with Crippen LogP contribution in [0, 0.1) is 12.7 Å². The average Bonchev–Trinajstić information content (AvgIpc) is 3.21. The molecular formula is C30H25ClFN3O4. The summed E-state index contributed by atoms with van der Waals surface area (Å²) in [5, 5.41) is 10.8. The van der Waals surface area contributed by atoms with Gasteiger partial charge in [0, 0.05) is 34.6 Å². The van der Waals surface area contributed by atoms with E-state index in [1.54, 1.807) is 30.3 Å². The molecule has 1 saturated heterocycles. The Balaban J connectivity index is 1.30. The highest BCUT2D eigenvalue weighted by Crippen LogP contribution is 2.27. The molecule has 39 heavy (non-hydrogen) atoms. The van der Waals surface area contributed by atoms with E-state index in [2.05, 4.69) is 4.57 Å². The van der Waals surface area contributed by atoms with Crippen molar-refractivity contribution in [2.45, 2.75) is 39.0 Å². The SMILES string of the molecule is Cc1cc2ccc(Cc3nc4ccc(C(=O)O)cc4n3C[C@@H]3CCO3)cc2nc1OCc1ccc(Cl)cc1F. The zero-order chi connectivity index (χ0) is 27.1. The third kappa shape index (κ3) is 5.17. The standard InChI is InChI=1S/C30H25ClFN3O4/c1-17-10-19-3-2-18(11-26(19)34-29(17)39-16-21-4-6-22(31)14-24(21)32)12-28-33-25-7-5-20(30(36)37)13-27(25)35(28)15-23-8-9-38-23/h2-7,10-11,13-14,23H,8-9,12,15-16H2,1H3,(H,36,37)/t23-/m0/s1. The number of halogens is 2. The van der Waals surface area contributed by atoms with E-state index in [1.807, 2.05) is 31.2 Å². The van der Waals surface area contributed by atoms with Gasteiger partial charge < -0.3 is 19.1 Å². The average molecular weight is 546 g/mol. The van der Waals surface area contributed by atoms with Crippen molar-refractivity contribution < 1.29 is 23.8 Å². The molecule has 6 rings (SSSR count). The molecule has 7 nitrogen and oxygen atoms in total. The number of rotatable bonds is 8. The fraction of sp³-hybridized carbons (Fsp3) is 0.233. The summed E-state index contributed by atoms with van der Waals surface area (Å²) in [4.78, 5) is 21.1. The maximum absolute atomic E-state index is 14.2. The van der Waals surface area contributed by atoms with Gasteiger partial charge in [-0.3, -0.25) is 0 Å². The lowest BCUT2D eigenvalue weighted by Crippen LogP contribution is -2.31. The Morgan fingerprint density at radius 1 is 1.13 bits per heavy atom. The van der Waals surface area contributed by atoms with E-state index in [1.165, 1.54) is 6.07 Å². The number of aryl methyl sites for hydroxylation is 1. The van der Waals surface area contributed by atoms with Crippen LogP contribution < -0.4 is 4.74 Å². The Morgan fingerprint density at radius 2 is 1.97 bits per heavy atom. The zero-order valence-corrected chi connectivity index (χ0v) is 21.9. The lowest BCUT2D eigenvalue weighted by Gasteiger charge is -2.27. The number of hydrogen-bond donors (Lipinski definition) is 1. The van der Waals surface area contributed by atoms with E-state index >= 15 is 0 Å². The minimum atomic E-state index is -0.973. The molecule has 198 valence electrons. The Kier molecular flexibility index (Phi) is 6.66. The molecular weight excluding hydrogens is 521 g/mol. The second-order valence-corrected chi connectivity index (χ2v) is 10.2. The molecule has 1 N–H and O–H groups in total. The van der Waals surface area contributed by atoms with E-state index in [-0.39, 0.29) is 18.3 Å². The molecule has 1 aliphatic rings. The van der Waals surface area contributed by atoms with Gasteiger partial charge in [0.1, 0.15) is 18.2 Å². The van der Waals surface area contributed by atoms with Crippen molar-refractivity contribution in [2.75, 3.05) is 6.61 Å². The van der Waals surface area contributed by atoms with Gasteiger partial charge in [-0.2, -0.15) is 0 Å². The number of carboxylic acid groups (broad SMARTS) is 1. The van der Waals surface area contributed by atoms with Crippen LogP contribution in [0.4, 0.5) is 4.39 Å². The fourth-order valence-corrected chi connectivity index (χ4v) is 4.96. The molecule has 0 saturated carbocycles. The summed E-state index contributed by atoms with van der Waals surface area (Å²) < 4.78 is 27.8. The van der Waals surface area contributed by atoms with Gasteiger partial charge in [-0.15, -0.1) is 0 Å². The van der Waals surface area contributed by atoms with Crippen LogP contribution in [0.15, 0.2) is 60.7 Å². The monoisotopic (exact) mass is 545 g/mol. The number of aromatic nitrogens is 3. The van der Waals surface area contributed by atoms with E-state index in [9.17, 15) is 14.3 Å². The van der Waals surface area contributed by atoms with Crippen LogP contribution in [-0.2, 0) is 24.3 Å². The zero-order valence-electron chi connectivity index (χ0n) is 21.2. The van der Waals surface area contributed by atoms with Crippen LogP contribution in [0.1, 0.15) is 39.3 Å². The van der Waals surface area contributed by atoms with Crippen LogP contribution in [0.25, 0.3) is 21.9 Å². The number of nitrogens with zero attached hydrogens (tertiary/aromatic N) is 3. The first-order valence-corrected chi connectivity index (χ1v) is 13.0. The van der Waals surface area contributed by atoms with Crippen molar-refractivity contribution >= 4 is 39.5 Å². The largest absolute Gasteiger partial charge is 0.478 e. The fourth-order valence-electron chi connectivity index (χ4n) is 4.80. The van der Waals surface area contributed by atoms with Gasteiger partial charge in [0.25, 0.3) is 0 Å². The molecule has 0 bridgehead atoms. The van der Waals surface area contributed by atoms with Crippen molar-refractivity contribution in [3.63, 3.8) is 0 Å². The number of pyridine rings is 1. The molecule has 3 heterocycles. The quantitative estimate of drug-likeness (QED) is 0.245. The van der Waals surface area contributed by atoms with E-state index < -0.39 is 11.8 Å². The van der Waals surface area contributed by atoms with Gasteiger partial charge in [0.2, 0.25) is 5.88 Å². The Labute approximate surface area is 228 Å². The van der Waals surface area contributed by atoms with Crippen LogP contribution in [0.5, 0.6) is 5.88 Å². The number of aromatic carboxylic acids is 1. The maximum atomic E-state index is 14.2. The highest BCUT2D eigenvalue weighted by atomic mass is 35.5. The third-order valence-corrected chi connectivity index (χ3v) is 7.26. The van der Waals surface area contributed by atoms with Crippen molar-refractivity contribution in [1.29, 1.82) is 0 Å². The molecule has 1 aliphatic heterocycles. The van der Waals surface area contributed by atoms with Crippen molar-refractivity contribution in [2.24, 2.45) is 0 Å². The highest BCUT2D eigenvalue weighted by Gasteiger charge is 2.22. The number of carbonyl (C=O) groups is 1. The van der Waals surface area contributed by atoms with Crippen molar-refractivity contribution in [1.82, 2.24) is 14.5 Å². The Hall–Kier alpha value is -4.01. The van der Waals surface area contributed by atoms with Crippen LogP contribution in [0.3, 0.4) is 0 Å². The second kappa shape index (κ2) is 10.3. The molecule has 0 aliphatic carbocycles. The first-order chi connectivity index (χ1) is 18.8. The summed E-state index contributed by atoms with van der Waals surface area (Å²) >= 11 is 5.86.